The minimum Gasteiger partial charge on any atom is -0.494 e. The van der Waals surface area contributed by atoms with Crippen LogP contribution in [0.4, 0.5) is 5.69 Å². The van der Waals surface area contributed by atoms with Crippen LogP contribution in [0.2, 0.25) is 0 Å². The van der Waals surface area contributed by atoms with Crippen LogP contribution in [0.25, 0.3) is 0 Å². The number of anilines is 1. The predicted octanol–water partition coefficient (Wildman–Crippen LogP) is 3.29. The predicted molar refractivity (Wildman–Crippen MR) is 85.3 cm³/mol. The maximum absolute atomic E-state index is 12.2. The van der Waals surface area contributed by atoms with Crippen LogP contribution in [0, 0.1) is 0 Å². The summed E-state index contributed by atoms with van der Waals surface area (Å²) in [4.78, 5) is 12.2. The van der Waals surface area contributed by atoms with Gasteiger partial charge in [0, 0.05) is 29.7 Å². The number of amides is 1. The number of hydrogen-bond donors (Lipinski definition) is 1. The van der Waals surface area contributed by atoms with Crippen molar-refractivity contribution in [1.29, 1.82) is 0 Å². The number of para-hydroxylation sites is 1. The number of ether oxygens (including phenoxy) is 3. The van der Waals surface area contributed by atoms with E-state index in [4.69, 9.17) is 14.2 Å². The van der Waals surface area contributed by atoms with Crippen molar-refractivity contribution in [2.24, 2.45) is 0 Å². The molecule has 2 aliphatic heterocycles. The first-order chi connectivity index (χ1) is 11.3. The molecule has 0 unspecified atom stereocenters. The van der Waals surface area contributed by atoms with Crippen LogP contribution in [-0.2, 0) is 4.79 Å². The minimum absolute atomic E-state index is 0.00679. The average Bonchev–Trinajstić information content (AvgIpc) is 3.00. The monoisotopic (exact) mass is 311 g/mol. The van der Waals surface area contributed by atoms with Crippen LogP contribution < -0.4 is 19.5 Å². The Hall–Kier alpha value is -2.69. The second kappa shape index (κ2) is 5.50. The highest BCUT2D eigenvalue weighted by Gasteiger charge is 2.31. The van der Waals surface area contributed by atoms with Crippen molar-refractivity contribution in [3.8, 4) is 17.2 Å². The molecular formula is C18H17NO4. The van der Waals surface area contributed by atoms with Gasteiger partial charge in [0.05, 0.1) is 6.61 Å². The number of carbonyl (C=O) groups excluding carboxylic acids is 1. The van der Waals surface area contributed by atoms with Crippen molar-refractivity contribution in [1.82, 2.24) is 0 Å². The highest BCUT2D eigenvalue weighted by atomic mass is 16.7. The Bertz CT molecular complexity index is 772. The summed E-state index contributed by atoms with van der Waals surface area (Å²) in [5.74, 6) is 2.14. The maximum atomic E-state index is 12.2. The van der Waals surface area contributed by atoms with Crippen molar-refractivity contribution in [3.63, 3.8) is 0 Å². The Balaban J connectivity index is 1.83. The molecule has 2 aliphatic rings. The summed E-state index contributed by atoms with van der Waals surface area (Å²) in [6.45, 7) is 2.76. The van der Waals surface area contributed by atoms with Gasteiger partial charge in [-0.15, -0.1) is 0 Å². The molecule has 2 aromatic carbocycles. The number of rotatable bonds is 3. The van der Waals surface area contributed by atoms with E-state index in [1.165, 1.54) is 0 Å². The Morgan fingerprint density at radius 1 is 1.17 bits per heavy atom. The Kier molecular flexibility index (Phi) is 3.33. The maximum Gasteiger partial charge on any atom is 0.231 e. The third-order valence-corrected chi connectivity index (χ3v) is 4.18. The zero-order chi connectivity index (χ0) is 15.8. The summed E-state index contributed by atoms with van der Waals surface area (Å²) in [6.07, 6.45) is 0.386. The van der Waals surface area contributed by atoms with Crippen molar-refractivity contribution >= 4 is 11.6 Å². The molecule has 0 spiro atoms. The van der Waals surface area contributed by atoms with Gasteiger partial charge in [-0.25, -0.2) is 0 Å². The highest BCUT2D eigenvalue weighted by Crippen LogP contribution is 2.46. The first-order valence-electron chi connectivity index (χ1n) is 7.71. The fourth-order valence-electron chi connectivity index (χ4n) is 3.18. The third-order valence-electron chi connectivity index (χ3n) is 4.18. The van der Waals surface area contributed by atoms with Crippen LogP contribution >= 0.6 is 0 Å². The molecule has 0 radical (unpaired) electrons. The van der Waals surface area contributed by atoms with Gasteiger partial charge >= 0.3 is 0 Å². The lowest BCUT2D eigenvalue weighted by Gasteiger charge is -2.27. The van der Waals surface area contributed by atoms with Gasteiger partial charge in [-0.1, -0.05) is 18.2 Å². The molecular weight excluding hydrogens is 294 g/mol. The number of nitrogens with one attached hydrogen (secondary N) is 1. The lowest BCUT2D eigenvalue weighted by molar-refractivity contribution is -0.116. The second-order valence-electron chi connectivity index (χ2n) is 5.57. The van der Waals surface area contributed by atoms with Crippen LogP contribution in [-0.4, -0.2) is 19.3 Å². The Labute approximate surface area is 134 Å². The molecule has 2 aromatic rings. The van der Waals surface area contributed by atoms with Gasteiger partial charge in [0.25, 0.3) is 0 Å². The van der Waals surface area contributed by atoms with Gasteiger partial charge in [0.2, 0.25) is 12.7 Å². The molecule has 118 valence electrons. The molecule has 0 saturated carbocycles. The summed E-state index contributed by atoms with van der Waals surface area (Å²) >= 11 is 0. The molecule has 0 saturated heterocycles. The van der Waals surface area contributed by atoms with E-state index >= 15 is 0 Å². The van der Waals surface area contributed by atoms with E-state index in [-0.39, 0.29) is 18.6 Å². The summed E-state index contributed by atoms with van der Waals surface area (Å²) in [7, 11) is 0. The van der Waals surface area contributed by atoms with Crippen LogP contribution in [0.1, 0.15) is 30.4 Å². The molecule has 1 N–H and O–H groups in total. The fourth-order valence-corrected chi connectivity index (χ4v) is 3.18. The molecule has 23 heavy (non-hydrogen) atoms. The standard InChI is InChI=1S/C18H17NO4/c1-2-21-15-6-4-3-5-11(15)12-8-18(20)19-14-9-17-16(7-13(12)14)22-10-23-17/h3-7,9,12H,2,8,10H2,1H3,(H,19,20)/t12-/m1/s1. The van der Waals surface area contributed by atoms with Crippen LogP contribution in [0.3, 0.4) is 0 Å². The molecule has 2 heterocycles. The number of carbonyl (C=O) groups is 1. The van der Waals surface area contributed by atoms with Crippen molar-refractivity contribution in [3.05, 3.63) is 47.5 Å². The molecule has 0 aromatic heterocycles. The Morgan fingerprint density at radius 2 is 1.96 bits per heavy atom. The summed E-state index contributed by atoms with van der Waals surface area (Å²) < 4.78 is 16.6. The van der Waals surface area contributed by atoms with Crippen molar-refractivity contribution in [2.75, 3.05) is 18.7 Å². The van der Waals surface area contributed by atoms with E-state index < -0.39 is 0 Å². The minimum atomic E-state index is -0.0593. The second-order valence-corrected chi connectivity index (χ2v) is 5.57. The number of fused-ring (bicyclic) bond motifs is 2. The van der Waals surface area contributed by atoms with Gasteiger partial charge in [-0.05, 0) is 24.6 Å². The quantitative estimate of drug-likeness (QED) is 0.945. The van der Waals surface area contributed by atoms with Gasteiger partial charge in [-0.2, -0.15) is 0 Å². The zero-order valence-electron chi connectivity index (χ0n) is 12.8. The SMILES string of the molecule is CCOc1ccccc1[C@H]1CC(=O)Nc2cc3c(cc21)OCO3. The molecule has 5 nitrogen and oxygen atoms in total. The molecule has 1 atom stereocenters. The Morgan fingerprint density at radius 3 is 2.78 bits per heavy atom. The van der Waals surface area contributed by atoms with Gasteiger partial charge in [0.1, 0.15) is 5.75 Å². The lowest BCUT2D eigenvalue weighted by Crippen LogP contribution is -2.23. The van der Waals surface area contributed by atoms with Gasteiger partial charge in [0.15, 0.2) is 11.5 Å². The van der Waals surface area contributed by atoms with E-state index in [0.29, 0.717) is 18.8 Å². The van der Waals surface area contributed by atoms with E-state index in [1.807, 2.05) is 43.3 Å². The lowest BCUT2D eigenvalue weighted by atomic mass is 9.84. The zero-order valence-corrected chi connectivity index (χ0v) is 12.8. The highest BCUT2D eigenvalue weighted by molar-refractivity contribution is 5.96. The number of hydrogen-bond acceptors (Lipinski definition) is 4. The smallest absolute Gasteiger partial charge is 0.231 e. The average molecular weight is 311 g/mol. The molecule has 0 aliphatic carbocycles. The largest absolute Gasteiger partial charge is 0.494 e. The molecule has 0 fully saturated rings. The molecule has 1 amide bonds. The van der Waals surface area contributed by atoms with E-state index in [9.17, 15) is 4.79 Å². The van der Waals surface area contributed by atoms with Gasteiger partial charge in [-0.3, -0.25) is 4.79 Å². The third kappa shape index (κ3) is 2.38. The van der Waals surface area contributed by atoms with Crippen LogP contribution in [0.15, 0.2) is 36.4 Å². The molecule has 0 bridgehead atoms. The fraction of sp³-hybridized carbons (Fsp3) is 0.278. The van der Waals surface area contributed by atoms with E-state index in [2.05, 4.69) is 5.32 Å². The number of benzene rings is 2. The summed E-state index contributed by atoms with van der Waals surface area (Å²) in [5.41, 5.74) is 2.83. The topological polar surface area (TPSA) is 56.8 Å². The van der Waals surface area contributed by atoms with E-state index in [0.717, 1.165) is 28.3 Å². The van der Waals surface area contributed by atoms with Crippen molar-refractivity contribution < 1.29 is 19.0 Å². The summed E-state index contributed by atoms with van der Waals surface area (Å²) in [5, 5.41) is 2.93. The molecule has 4 rings (SSSR count). The molecule has 5 heteroatoms. The summed E-state index contributed by atoms with van der Waals surface area (Å²) in [6, 6.07) is 11.7. The first-order valence-corrected chi connectivity index (χ1v) is 7.71. The van der Waals surface area contributed by atoms with Crippen LogP contribution in [0.5, 0.6) is 17.2 Å². The van der Waals surface area contributed by atoms with Crippen molar-refractivity contribution in [2.45, 2.75) is 19.3 Å². The normalized spacial score (nSPS) is 18.3. The van der Waals surface area contributed by atoms with Gasteiger partial charge < -0.3 is 19.5 Å². The first kappa shape index (κ1) is 13.9. The van der Waals surface area contributed by atoms with E-state index in [1.54, 1.807) is 0 Å².